The topological polar surface area (TPSA) is 38.9 Å². The minimum absolute atomic E-state index is 0.273. The highest BCUT2D eigenvalue weighted by atomic mass is 32.2. The molecule has 2 nitrogen and oxygen atoms in total. The lowest BCUT2D eigenvalue weighted by atomic mass is 10.1. The zero-order chi connectivity index (χ0) is 12.8. The minimum Gasteiger partial charge on any atom is -0.320 e. The summed E-state index contributed by atoms with van der Waals surface area (Å²) in [4.78, 5) is 4.19. The molecule has 0 fully saturated rings. The molecule has 92 valence electrons. The second-order valence-electron chi connectivity index (χ2n) is 3.39. The van der Waals surface area contributed by atoms with Crippen molar-refractivity contribution in [2.24, 2.45) is 5.73 Å². The van der Waals surface area contributed by atoms with Crippen molar-refractivity contribution >= 4 is 23.1 Å². The van der Waals surface area contributed by atoms with E-state index in [-0.39, 0.29) is 12.4 Å². The van der Waals surface area contributed by atoms with Crippen LogP contribution in [0.4, 0.5) is 4.39 Å². The summed E-state index contributed by atoms with van der Waals surface area (Å²) in [6.45, 7) is 0.273. The van der Waals surface area contributed by atoms with Crippen molar-refractivity contribution in [3.63, 3.8) is 0 Å². The Bertz CT molecular complexity index is 570. The molecule has 0 bridgehead atoms. The molecule has 0 aliphatic heterocycles. The van der Waals surface area contributed by atoms with Crippen molar-refractivity contribution in [1.82, 2.24) is 4.98 Å². The van der Waals surface area contributed by atoms with Crippen LogP contribution in [0.1, 0.15) is 11.1 Å². The van der Waals surface area contributed by atoms with Crippen LogP contribution in [0.25, 0.3) is 0 Å². The zero-order valence-corrected chi connectivity index (χ0v) is 11.2. The predicted octanol–water partition coefficient (Wildman–Crippen LogP) is 2.88. The van der Waals surface area contributed by atoms with E-state index in [2.05, 4.69) is 16.8 Å². The summed E-state index contributed by atoms with van der Waals surface area (Å²) >= 11 is 3.21. The third kappa shape index (κ3) is 3.57. The van der Waals surface area contributed by atoms with Crippen LogP contribution < -0.4 is 5.73 Å². The summed E-state index contributed by atoms with van der Waals surface area (Å²) in [6, 6.07) is 4.66. The fourth-order valence-electron chi connectivity index (χ4n) is 1.36. The van der Waals surface area contributed by atoms with Gasteiger partial charge in [0.2, 0.25) is 0 Å². The first-order valence-corrected chi connectivity index (χ1v) is 7.16. The van der Waals surface area contributed by atoms with Gasteiger partial charge in [-0.15, -0.1) is 11.3 Å². The molecule has 2 rings (SSSR count). The molecule has 1 aromatic carbocycles. The number of nitrogens with two attached hydrogens (primary N) is 1. The molecule has 0 aliphatic rings. The predicted molar refractivity (Wildman–Crippen MR) is 74.0 cm³/mol. The van der Waals surface area contributed by atoms with E-state index >= 15 is 0 Å². The van der Waals surface area contributed by atoms with Crippen LogP contribution in [0, 0.1) is 17.7 Å². The number of hydrogen-bond acceptors (Lipinski definition) is 4. The fraction of sp³-hybridized carbons (Fsp3) is 0.154. The first-order chi connectivity index (χ1) is 8.79. The number of thioether (sulfide) groups is 1. The van der Waals surface area contributed by atoms with Crippen LogP contribution in [-0.2, 0) is 5.75 Å². The molecule has 0 saturated heterocycles. The first-order valence-electron chi connectivity index (χ1n) is 5.29. The highest BCUT2D eigenvalue weighted by molar-refractivity contribution is 8.00. The van der Waals surface area contributed by atoms with E-state index in [9.17, 15) is 4.39 Å². The zero-order valence-electron chi connectivity index (χ0n) is 9.52. The second-order valence-corrected chi connectivity index (χ2v) is 5.51. The van der Waals surface area contributed by atoms with E-state index in [1.165, 1.54) is 12.1 Å². The van der Waals surface area contributed by atoms with Crippen molar-refractivity contribution < 1.29 is 4.39 Å². The Kier molecular flexibility index (Phi) is 4.76. The van der Waals surface area contributed by atoms with Crippen LogP contribution in [0.5, 0.6) is 0 Å². The smallest absolute Gasteiger partial charge is 0.150 e. The van der Waals surface area contributed by atoms with Gasteiger partial charge in [0.1, 0.15) is 10.2 Å². The molecule has 1 aromatic heterocycles. The lowest BCUT2D eigenvalue weighted by Gasteiger charge is -2.03. The molecule has 1 heterocycles. The summed E-state index contributed by atoms with van der Waals surface area (Å²) in [5.41, 5.74) is 7.03. The fourth-order valence-corrected chi connectivity index (χ4v) is 3.00. The monoisotopic (exact) mass is 278 g/mol. The van der Waals surface area contributed by atoms with Crippen LogP contribution in [0.15, 0.2) is 34.1 Å². The first kappa shape index (κ1) is 13.1. The lowest BCUT2D eigenvalue weighted by molar-refractivity contribution is 0.627. The Balaban J connectivity index is 2.16. The van der Waals surface area contributed by atoms with Gasteiger partial charge in [-0.2, -0.15) is 0 Å². The number of halogens is 1. The molecular formula is C13H11FN2S2. The lowest BCUT2D eigenvalue weighted by Crippen LogP contribution is -1.94. The number of hydrogen-bond donors (Lipinski definition) is 1. The molecule has 0 unspecified atom stereocenters. The number of thiazole rings is 1. The summed E-state index contributed by atoms with van der Waals surface area (Å²) < 4.78 is 14.2. The average Bonchev–Trinajstić information content (AvgIpc) is 2.88. The maximum absolute atomic E-state index is 13.2. The number of nitrogens with zero attached hydrogens (tertiary/aromatic N) is 1. The third-order valence-electron chi connectivity index (χ3n) is 2.16. The number of rotatable bonds is 3. The Labute approximate surface area is 113 Å². The van der Waals surface area contributed by atoms with Crippen molar-refractivity contribution in [1.29, 1.82) is 0 Å². The largest absolute Gasteiger partial charge is 0.320 e. The summed E-state index contributed by atoms with van der Waals surface area (Å²) in [5, 5.41) is 1.93. The summed E-state index contributed by atoms with van der Waals surface area (Å²) in [7, 11) is 0. The Morgan fingerprint density at radius 3 is 3.06 bits per heavy atom. The highest BCUT2D eigenvalue weighted by Gasteiger charge is 2.04. The molecule has 18 heavy (non-hydrogen) atoms. The van der Waals surface area contributed by atoms with Gasteiger partial charge >= 0.3 is 0 Å². The van der Waals surface area contributed by atoms with Gasteiger partial charge in [0, 0.05) is 22.9 Å². The van der Waals surface area contributed by atoms with E-state index < -0.39 is 0 Å². The molecular weight excluding hydrogens is 267 g/mol. The highest BCUT2D eigenvalue weighted by Crippen LogP contribution is 2.26. The minimum atomic E-state index is -0.278. The molecule has 0 atom stereocenters. The number of aromatic nitrogens is 1. The van der Waals surface area contributed by atoms with E-state index in [0.29, 0.717) is 5.56 Å². The van der Waals surface area contributed by atoms with Crippen LogP contribution in [0.3, 0.4) is 0 Å². The van der Waals surface area contributed by atoms with Crippen molar-refractivity contribution in [3.8, 4) is 11.8 Å². The van der Waals surface area contributed by atoms with E-state index in [4.69, 9.17) is 5.73 Å². The molecule has 0 spiro atoms. The quantitative estimate of drug-likeness (QED) is 0.693. The van der Waals surface area contributed by atoms with Gasteiger partial charge in [0.15, 0.2) is 0 Å². The Hall–Kier alpha value is -1.35. The summed E-state index contributed by atoms with van der Waals surface area (Å²) in [6.07, 6.45) is 1.77. The molecule has 2 N–H and O–H groups in total. The van der Waals surface area contributed by atoms with Crippen LogP contribution >= 0.6 is 23.1 Å². The summed E-state index contributed by atoms with van der Waals surface area (Å²) in [5.74, 6) is 6.10. The van der Waals surface area contributed by atoms with Crippen molar-refractivity contribution in [3.05, 3.63) is 46.7 Å². The molecule has 0 radical (unpaired) electrons. The second kappa shape index (κ2) is 6.55. The maximum Gasteiger partial charge on any atom is 0.150 e. The van der Waals surface area contributed by atoms with Gasteiger partial charge in [0.25, 0.3) is 0 Å². The van der Waals surface area contributed by atoms with Gasteiger partial charge in [0.05, 0.1) is 6.54 Å². The van der Waals surface area contributed by atoms with Gasteiger partial charge in [-0.05, 0) is 17.7 Å². The Morgan fingerprint density at radius 1 is 1.44 bits per heavy atom. The molecule has 0 aliphatic carbocycles. The van der Waals surface area contributed by atoms with Crippen molar-refractivity contribution in [2.45, 2.75) is 10.1 Å². The molecule has 2 aromatic rings. The maximum atomic E-state index is 13.2. The number of benzene rings is 1. The molecule has 0 saturated carbocycles. The standard InChI is InChI=1S/C13H11FN2S2/c14-12-4-3-11(10(8-12)2-1-5-15)9-18-13-16-6-7-17-13/h3-4,6-8H,5,9,15H2. The van der Waals surface area contributed by atoms with Crippen LogP contribution in [0.2, 0.25) is 0 Å². The average molecular weight is 278 g/mol. The van der Waals surface area contributed by atoms with Gasteiger partial charge in [-0.1, -0.05) is 29.7 Å². The normalized spacial score (nSPS) is 9.89. The van der Waals surface area contributed by atoms with E-state index in [0.717, 1.165) is 15.7 Å². The van der Waals surface area contributed by atoms with E-state index in [1.54, 1.807) is 35.4 Å². The third-order valence-corrected chi connectivity index (χ3v) is 4.17. The van der Waals surface area contributed by atoms with Gasteiger partial charge in [-0.3, -0.25) is 0 Å². The SMILES string of the molecule is NCC#Cc1cc(F)ccc1CSc1nccs1. The van der Waals surface area contributed by atoms with E-state index in [1.807, 2.05) is 5.38 Å². The molecule has 5 heteroatoms. The van der Waals surface area contributed by atoms with Crippen LogP contribution in [-0.4, -0.2) is 11.5 Å². The van der Waals surface area contributed by atoms with Gasteiger partial charge in [-0.25, -0.2) is 9.37 Å². The Morgan fingerprint density at radius 2 is 2.33 bits per heavy atom. The van der Waals surface area contributed by atoms with Gasteiger partial charge < -0.3 is 5.73 Å². The molecule has 0 amide bonds. The van der Waals surface area contributed by atoms with Crippen molar-refractivity contribution in [2.75, 3.05) is 6.54 Å².